The lowest BCUT2D eigenvalue weighted by Crippen LogP contribution is -2.60. The molecule has 4 amide bonds. The van der Waals surface area contributed by atoms with Gasteiger partial charge in [0, 0.05) is 6.42 Å². The topological polar surface area (TPSA) is 171 Å². The lowest BCUT2D eigenvalue weighted by molar-refractivity contribution is -0.147. The molecule has 0 aliphatic rings. The third-order valence-electron chi connectivity index (χ3n) is 7.89. The van der Waals surface area contributed by atoms with E-state index in [9.17, 15) is 33.9 Å². The summed E-state index contributed by atoms with van der Waals surface area (Å²) in [5, 5.41) is 21.4. The molecule has 5 N–H and O–H groups in total. The standard InChI is InChI=1S/C35H42N4O7/c1-6-21(2)29(32(43)39-35(4,5)34(45)46)38-33(44)30(41)22(3)36-31(42)27(19-23-13-8-7-9-14-23)37-28(40)20-25-17-12-16-24-15-10-11-18-26(24)25/h7-18,21-22,27,29H,6,19-20H2,1-5H3,(H,36,42)(H,37,40)(H,38,44)(H,39,43)(H,45,46). The third-order valence-corrected chi connectivity index (χ3v) is 7.89. The van der Waals surface area contributed by atoms with Crippen molar-refractivity contribution < 1.29 is 33.9 Å². The minimum atomic E-state index is -1.61. The SMILES string of the molecule is CCC(C)C(NC(=O)C(=O)C(C)NC(=O)C(Cc1ccccc1)NC(=O)Cc1cccc2ccccc12)C(=O)NC(C)(C)C(=O)O. The Kier molecular flexibility index (Phi) is 12.2. The number of hydrogen-bond acceptors (Lipinski definition) is 6. The molecule has 4 atom stereocenters. The lowest BCUT2D eigenvalue weighted by atomic mass is 9.96. The van der Waals surface area contributed by atoms with Crippen LogP contribution in [-0.4, -0.2) is 64.2 Å². The van der Waals surface area contributed by atoms with Gasteiger partial charge in [-0.05, 0) is 48.6 Å². The number of nitrogens with one attached hydrogen (secondary N) is 4. The Hall–Kier alpha value is -5.06. The van der Waals surface area contributed by atoms with Crippen LogP contribution in [0.5, 0.6) is 0 Å². The minimum Gasteiger partial charge on any atom is -0.480 e. The number of benzene rings is 3. The van der Waals surface area contributed by atoms with Crippen molar-refractivity contribution in [2.75, 3.05) is 0 Å². The van der Waals surface area contributed by atoms with Gasteiger partial charge in [-0.2, -0.15) is 0 Å². The highest BCUT2D eigenvalue weighted by atomic mass is 16.4. The maximum Gasteiger partial charge on any atom is 0.328 e. The summed E-state index contributed by atoms with van der Waals surface area (Å²) in [4.78, 5) is 77.1. The molecule has 0 radical (unpaired) electrons. The number of carboxylic acid groups (broad SMARTS) is 1. The van der Waals surface area contributed by atoms with E-state index in [1.165, 1.54) is 20.8 Å². The maximum absolute atomic E-state index is 13.5. The van der Waals surface area contributed by atoms with Crippen LogP contribution in [0.2, 0.25) is 0 Å². The molecular weight excluding hydrogens is 588 g/mol. The monoisotopic (exact) mass is 630 g/mol. The van der Waals surface area contributed by atoms with Crippen molar-refractivity contribution >= 4 is 46.2 Å². The second kappa shape index (κ2) is 15.8. The zero-order valence-corrected chi connectivity index (χ0v) is 26.8. The molecule has 4 unspecified atom stereocenters. The van der Waals surface area contributed by atoms with Crippen LogP contribution in [0.25, 0.3) is 10.8 Å². The molecular formula is C35H42N4O7. The van der Waals surface area contributed by atoms with Gasteiger partial charge < -0.3 is 26.4 Å². The summed E-state index contributed by atoms with van der Waals surface area (Å²) >= 11 is 0. The highest BCUT2D eigenvalue weighted by Crippen LogP contribution is 2.19. The Labute approximate surface area is 268 Å². The van der Waals surface area contributed by atoms with Crippen molar-refractivity contribution in [2.24, 2.45) is 5.92 Å². The number of aliphatic carboxylic acids is 1. The summed E-state index contributed by atoms with van der Waals surface area (Å²) in [6.07, 6.45) is 0.608. The minimum absolute atomic E-state index is 0.0224. The predicted octanol–water partition coefficient (Wildman–Crippen LogP) is 2.69. The van der Waals surface area contributed by atoms with E-state index in [2.05, 4.69) is 21.3 Å². The number of ketones is 1. The molecule has 0 aliphatic heterocycles. The summed E-state index contributed by atoms with van der Waals surface area (Å²) in [5.74, 6) is -5.63. The van der Waals surface area contributed by atoms with E-state index in [0.29, 0.717) is 6.42 Å². The van der Waals surface area contributed by atoms with E-state index in [4.69, 9.17) is 0 Å². The number of fused-ring (bicyclic) bond motifs is 1. The van der Waals surface area contributed by atoms with Gasteiger partial charge in [-0.15, -0.1) is 0 Å². The molecule has 0 saturated heterocycles. The van der Waals surface area contributed by atoms with Crippen molar-refractivity contribution in [2.45, 2.75) is 77.5 Å². The van der Waals surface area contributed by atoms with Gasteiger partial charge in [0.2, 0.25) is 23.5 Å². The van der Waals surface area contributed by atoms with Gasteiger partial charge in [-0.3, -0.25) is 24.0 Å². The number of Topliss-reactive ketones (excluding diaryl/α,β-unsaturated/α-hetero) is 1. The van der Waals surface area contributed by atoms with Crippen LogP contribution in [0.3, 0.4) is 0 Å². The molecule has 3 aromatic carbocycles. The smallest absolute Gasteiger partial charge is 0.328 e. The fourth-order valence-corrected chi connectivity index (χ4v) is 4.85. The maximum atomic E-state index is 13.5. The van der Waals surface area contributed by atoms with Crippen LogP contribution < -0.4 is 21.3 Å². The number of rotatable bonds is 15. The van der Waals surface area contributed by atoms with E-state index in [1.807, 2.05) is 60.7 Å². The molecule has 3 rings (SSSR count). The number of hydrogen-bond donors (Lipinski definition) is 5. The van der Waals surface area contributed by atoms with Crippen LogP contribution in [0, 0.1) is 5.92 Å². The van der Waals surface area contributed by atoms with E-state index >= 15 is 0 Å². The summed E-state index contributed by atoms with van der Waals surface area (Å²) in [7, 11) is 0. The Morgan fingerprint density at radius 1 is 0.783 bits per heavy atom. The quantitative estimate of drug-likeness (QED) is 0.161. The van der Waals surface area contributed by atoms with Crippen molar-refractivity contribution in [3.63, 3.8) is 0 Å². The number of carbonyl (C=O) groups is 6. The van der Waals surface area contributed by atoms with E-state index in [1.54, 1.807) is 26.0 Å². The average molecular weight is 631 g/mol. The van der Waals surface area contributed by atoms with Crippen LogP contribution in [-0.2, 0) is 41.6 Å². The second-order valence-corrected chi connectivity index (χ2v) is 12.0. The molecule has 244 valence electrons. The van der Waals surface area contributed by atoms with E-state index in [0.717, 1.165) is 21.9 Å². The summed E-state index contributed by atoms with van der Waals surface area (Å²) in [6, 6.07) is 18.8. The highest BCUT2D eigenvalue weighted by Gasteiger charge is 2.36. The zero-order valence-electron chi connectivity index (χ0n) is 26.8. The first-order valence-electron chi connectivity index (χ1n) is 15.2. The van der Waals surface area contributed by atoms with Gasteiger partial charge in [0.1, 0.15) is 17.6 Å². The molecule has 0 fully saturated rings. The second-order valence-electron chi connectivity index (χ2n) is 12.0. The molecule has 0 aromatic heterocycles. The predicted molar refractivity (Wildman–Crippen MR) is 174 cm³/mol. The van der Waals surface area contributed by atoms with Gasteiger partial charge in [0.25, 0.3) is 5.91 Å². The molecule has 11 nitrogen and oxygen atoms in total. The molecule has 0 aliphatic carbocycles. The number of carboxylic acids is 1. The summed E-state index contributed by atoms with van der Waals surface area (Å²) < 4.78 is 0. The van der Waals surface area contributed by atoms with Gasteiger partial charge in [-0.25, -0.2) is 4.79 Å². The largest absolute Gasteiger partial charge is 0.480 e. The Balaban J connectivity index is 1.72. The van der Waals surface area contributed by atoms with Gasteiger partial charge >= 0.3 is 5.97 Å². The molecule has 0 bridgehead atoms. The first-order valence-corrected chi connectivity index (χ1v) is 15.2. The van der Waals surface area contributed by atoms with Crippen molar-refractivity contribution in [1.82, 2.24) is 21.3 Å². The Bertz CT molecular complexity index is 1580. The molecule has 0 spiro atoms. The van der Waals surface area contributed by atoms with Crippen molar-refractivity contribution in [1.29, 1.82) is 0 Å². The normalized spacial score (nSPS) is 13.8. The molecule has 46 heavy (non-hydrogen) atoms. The Morgan fingerprint density at radius 3 is 2.07 bits per heavy atom. The highest BCUT2D eigenvalue weighted by molar-refractivity contribution is 6.38. The molecule has 11 heteroatoms. The first-order chi connectivity index (χ1) is 21.7. The van der Waals surface area contributed by atoms with Crippen LogP contribution in [0.15, 0.2) is 72.8 Å². The van der Waals surface area contributed by atoms with Gasteiger partial charge in [0.05, 0.1) is 12.5 Å². The molecule has 0 heterocycles. The van der Waals surface area contributed by atoms with Crippen LogP contribution >= 0.6 is 0 Å². The van der Waals surface area contributed by atoms with Gasteiger partial charge in [0.15, 0.2) is 0 Å². The summed E-state index contributed by atoms with van der Waals surface area (Å²) in [5.41, 5.74) is -0.0391. The van der Waals surface area contributed by atoms with Gasteiger partial charge in [-0.1, -0.05) is 93.1 Å². The van der Waals surface area contributed by atoms with Crippen molar-refractivity contribution in [3.8, 4) is 0 Å². The van der Waals surface area contributed by atoms with E-state index in [-0.39, 0.29) is 12.8 Å². The zero-order chi connectivity index (χ0) is 34.0. The number of amides is 4. The Morgan fingerprint density at radius 2 is 1.41 bits per heavy atom. The first kappa shape index (κ1) is 35.4. The average Bonchev–Trinajstić information content (AvgIpc) is 3.02. The fourth-order valence-electron chi connectivity index (χ4n) is 4.85. The number of carbonyl (C=O) groups excluding carboxylic acids is 5. The van der Waals surface area contributed by atoms with E-state index < -0.39 is 65.0 Å². The summed E-state index contributed by atoms with van der Waals surface area (Å²) in [6.45, 7) is 7.41. The van der Waals surface area contributed by atoms with Crippen LogP contribution in [0.1, 0.15) is 52.2 Å². The van der Waals surface area contributed by atoms with Crippen molar-refractivity contribution in [3.05, 3.63) is 83.9 Å². The molecule has 0 saturated carbocycles. The van der Waals surface area contributed by atoms with Crippen LogP contribution in [0.4, 0.5) is 0 Å². The fraction of sp³-hybridized carbons (Fsp3) is 0.371. The third kappa shape index (κ3) is 9.47. The lowest BCUT2D eigenvalue weighted by Gasteiger charge is -2.28. The molecule has 3 aromatic rings.